The van der Waals surface area contributed by atoms with Crippen LogP contribution in [0.15, 0.2) is 0 Å². The van der Waals surface area contributed by atoms with Crippen molar-refractivity contribution in [3.8, 4) is 0 Å². The molecule has 2 unspecified atom stereocenters. The van der Waals surface area contributed by atoms with Gasteiger partial charge in [-0.05, 0) is 6.92 Å². The molecule has 0 aliphatic rings. The van der Waals surface area contributed by atoms with Crippen LogP contribution in [0.3, 0.4) is 0 Å². The van der Waals surface area contributed by atoms with Crippen molar-refractivity contribution in [2.24, 2.45) is 0 Å². The zero-order valence-electron chi connectivity index (χ0n) is 5.08. The molecule has 0 rings (SSSR count). The molecule has 0 aliphatic heterocycles. The standard InChI is InChI=1S/C3H7ClFNO3S/c1-2(5)3(4)6-10(7,8)9/h2-3,6H,1H3,(H,7,8,9). The van der Waals surface area contributed by atoms with Crippen LogP contribution in [-0.2, 0) is 10.3 Å². The van der Waals surface area contributed by atoms with Gasteiger partial charge in [0.1, 0.15) is 11.7 Å². The van der Waals surface area contributed by atoms with Crippen LogP contribution in [0.1, 0.15) is 6.92 Å². The summed E-state index contributed by atoms with van der Waals surface area (Å²) >= 11 is 5.08. The average molecular weight is 192 g/mol. The van der Waals surface area contributed by atoms with E-state index in [9.17, 15) is 12.8 Å². The molecule has 0 aromatic rings. The highest BCUT2D eigenvalue weighted by atomic mass is 35.5. The van der Waals surface area contributed by atoms with Gasteiger partial charge in [-0.15, -0.1) is 11.6 Å². The summed E-state index contributed by atoms with van der Waals surface area (Å²) < 4.78 is 41.4. The molecule has 0 fully saturated rings. The lowest BCUT2D eigenvalue weighted by atomic mass is 10.4. The molecular formula is C3H7ClFNO3S. The van der Waals surface area contributed by atoms with E-state index in [1.54, 1.807) is 0 Å². The summed E-state index contributed by atoms with van der Waals surface area (Å²) in [7, 11) is -4.39. The number of nitrogens with one attached hydrogen (secondary N) is 1. The summed E-state index contributed by atoms with van der Waals surface area (Å²) in [6.45, 7) is 1.07. The van der Waals surface area contributed by atoms with Crippen LogP contribution in [0.5, 0.6) is 0 Å². The zero-order valence-corrected chi connectivity index (χ0v) is 6.66. The Morgan fingerprint density at radius 2 is 2.10 bits per heavy atom. The molecule has 0 spiro atoms. The molecule has 0 aliphatic carbocycles. The van der Waals surface area contributed by atoms with Crippen LogP contribution in [-0.4, -0.2) is 24.6 Å². The lowest BCUT2D eigenvalue weighted by Gasteiger charge is -2.08. The van der Waals surface area contributed by atoms with E-state index in [4.69, 9.17) is 16.2 Å². The monoisotopic (exact) mass is 191 g/mol. The maximum absolute atomic E-state index is 12.1. The highest BCUT2D eigenvalue weighted by molar-refractivity contribution is 7.83. The minimum absolute atomic E-state index is 1.07. The van der Waals surface area contributed by atoms with Crippen LogP contribution in [0.25, 0.3) is 0 Å². The molecular weight excluding hydrogens is 185 g/mol. The van der Waals surface area contributed by atoms with Crippen molar-refractivity contribution < 1.29 is 17.4 Å². The Bertz CT molecular complexity index is 192. The number of hydrogen-bond donors (Lipinski definition) is 2. The molecule has 0 aromatic heterocycles. The second-order valence-electron chi connectivity index (χ2n) is 1.67. The number of hydrogen-bond acceptors (Lipinski definition) is 2. The van der Waals surface area contributed by atoms with Gasteiger partial charge >= 0.3 is 10.3 Å². The fraction of sp³-hybridized carbons (Fsp3) is 1.00. The van der Waals surface area contributed by atoms with Crippen LogP contribution in [0.2, 0.25) is 0 Å². The SMILES string of the molecule is CC(F)C(Cl)NS(=O)(=O)O. The smallest absolute Gasteiger partial charge is 0.273 e. The van der Waals surface area contributed by atoms with Crippen molar-refractivity contribution in [3.05, 3.63) is 0 Å². The van der Waals surface area contributed by atoms with E-state index in [0.29, 0.717) is 0 Å². The van der Waals surface area contributed by atoms with Gasteiger partial charge in [0.2, 0.25) is 0 Å². The highest BCUT2D eigenvalue weighted by Crippen LogP contribution is 2.02. The third-order valence-electron chi connectivity index (χ3n) is 0.665. The Hall–Kier alpha value is 0.0900. The van der Waals surface area contributed by atoms with Gasteiger partial charge in [-0.25, -0.2) is 4.39 Å². The van der Waals surface area contributed by atoms with Gasteiger partial charge in [-0.2, -0.15) is 13.1 Å². The fourth-order valence-electron chi connectivity index (χ4n) is 0.236. The molecule has 0 amide bonds. The summed E-state index contributed by atoms with van der Waals surface area (Å²) in [5.74, 6) is 0. The fourth-order valence-corrected chi connectivity index (χ4v) is 1.05. The van der Waals surface area contributed by atoms with Crippen molar-refractivity contribution in [1.82, 2.24) is 4.72 Å². The molecule has 0 saturated carbocycles. The van der Waals surface area contributed by atoms with Crippen LogP contribution >= 0.6 is 11.6 Å². The average Bonchev–Trinajstić information content (AvgIpc) is 1.60. The normalized spacial score (nSPS) is 18.4. The van der Waals surface area contributed by atoms with Gasteiger partial charge in [0, 0.05) is 0 Å². The van der Waals surface area contributed by atoms with E-state index in [1.807, 2.05) is 0 Å². The van der Waals surface area contributed by atoms with Gasteiger partial charge in [-0.3, -0.25) is 4.55 Å². The molecule has 0 saturated heterocycles. The van der Waals surface area contributed by atoms with Crippen LogP contribution in [0.4, 0.5) is 4.39 Å². The van der Waals surface area contributed by atoms with E-state index >= 15 is 0 Å². The molecule has 0 bridgehead atoms. The Balaban J connectivity index is 3.93. The Labute approximate surface area is 63.3 Å². The minimum atomic E-state index is -4.39. The summed E-state index contributed by atoms with van der Waals surface area (Å²) in [5, 5.41) is 0. The molecule has 0 radical (unpaired) electrons. The quantitative estimate of drug-likeness (QED) is 0.383. The molecule has 4 nitrogen and oxygen atoms in total. The van der Waals surface area contributed by atoms with Crippen molar-refractivity contribution in [3.63, 3.8) is 0 Å². The van der Waals surface area contributed by atoms with Crippen molar-refractivity contribution >= 4 is 21.9 Å². The van der Waals surface area contributed by atoms with Crippen molar-refractivity contribution in [1.29, 1.82) is 0 Å². The molecule has 2 N–H and O–H groups in total. The number of alkyl halides is 2. The second kappa shape index (κ2) is 3.47. The van der Waals surface area contributed by atoms with E-state index < -0.39 is 22.0 Å². The maximum Gasteiger partial charge on any atom is 0.334 e. The summed E-state index contributed by atoms with van der Waals surface area (Å²) in [6.07, 6.45) is -1.55. The van der Waals surface area contributed by atoms with E-state index in [0.717, 1.165) is 6.92 Å². The summed E-state index contributed by atoms with van der Waals surface area (Å²) in [4.78, 5) is 0. The number of halogens is 2. The Morgan fingerprint density at radius 3 is 2.20 bits per heavy atom. The van der Waals surface area contributed by atoms with E-state index in [1.165, 1.54) is 4.72 Å². The first-order chi connectivity index (χ1) is 4.33. The molecule has 7 heteroatoms. The highest BCUT2D eigenvalue weighted by Gasteiger charge is 2.17. The van der Waals surface area contributed by atoms with Gasteiger partial charge in [0.25, 0.3) is 0 Å². The van der Waals surface area contributed by atoms with E-state index in [2.05, 4.69) is 0 Å². The molecule has 2 atom stereocenters. The van der Waals surface area contributed by atoms with Crippen molar-refractivity contribution in [2.45, 2.75) is 18.6 Å². The lowest BCUT2D eigenvalue weighted by molar-refractivity contribution is 0.333. The van der Waals surface area contributed by atoms with Gasteiger partial charge in [-0.1, -0.05) is 0 Å². The second-order valence-corrected chi connectivity index (χ2v) is 3.33. The summed E-state index contributed by atoms with van der Waals surface area (Å²) in [6, 6.07) is 0. The molecule has 0 aromatic carbocycles. The first kappa shape index (κ1) is 10.1. The largest absolute Gasteiger partial charge is 0.334 e. The lowest BCUT2D eigenvalue weighted by Crippen LogP contribution is -2.35. The minimum Gasteiger partial charge on any atom is -0.273 e. The Morgan fingerprint density at radius 1 is 1.70 bits per heavy atom. The van der Waals surface area contributed by atoms with Crippen LogP contribution < -0.4 is 4.72 Å². The van der Waals surface area contributed by atoms with Crippen molar-refractivity contribution in [2.75, 3.05) is 0 Å². The molecule has 10 heavy (non-hydrogen) atoms. The van der Waals surface area contributed by atoms with Gasteiger partial charge < -0.3 is 0 Å². The third-order valence-corrected chi connectivity index (χ3v) is 1.80. The Kier molecular flexibility index (Phi) is 3.50. The third kappa shape index (κ3) is 4.92. The van der Waals surface area contributed by atoms with E-state index in [-0.39, 0.29) is 0 Å². The first-order valence-electron chi connectivity index (χ1n) is 2.36. The summed E-state index contributed by atoms with van der Waals surface area (Å²) in [5.41, 5.74) is -1.42. The first-order valence-corrected chi connectivity index (χ1v) is 4.23. The molecule has 62 valence electrons. The topological polar surface area (TPSA) is 66.4 Å². The maximum atomic E-state index is 12.1. The molecule has 0 heterocycles. The van der Waals surface area contributed by atoms with Crippen LogP contribution in [0, 0.1) is 0 Å². The van der Waals surface area contributed by atoms with Gasteiger partial charge in [0.05, 0.1) is 0 Å². The predicted octanol–water partition coefficient (Wildman–Crippen LogP) is 0.302. The predicted molar refractivity (Wildman–Crippen MR) is 34.9 cm³/mol. The zero-order chi connectivity index (χ0) is 8.36. The van der Waals surface area contributed by atoms with Gasteiger partial charge in [0.15, 0.2) is 0 Å². The number of rotatable bonds is 3.